The van der Waals surface area contributed by atoms with Crippen LogP contribution in [0.4, 0.5) is 0 Å². The molecule has 1 saturated heterocycles. The number of likely N-dealkylation sites (tertiary alicyclic amines) is 1. The summed E-state index contributed by atoms with van der Waals surface area (Å²) in [5.41, 5.74) is 5.28. The van der Waals surface area contributed by atoms with Crippen LogP contribution in [-0.2, 0) is 16.0 Å². The van der Waals surface area contributed by atoms with Gasteiger partial charge in [0, 0.05) is 0 Å². The van der Waals surface area contributed by atoms with Crippen LogP contribution in [0.25, 0.3) is 0 Å². The first kappa shape index (κ1) is 21.5. The van der Waals surface area contributed by atoms with Gasteiger partial charge in [0.25, 0.3) is 0 Å². The van der Waals surface area contributed by atoms with E-state index in [9.17, 15) is 24.6 Å². The third kappa shape index (κ3) is 5.12. The van der Waals surface area contributed by atoms with Crippen LogP contribution in [0.2, 0.25) is 6.32 Å². The summed E-state index contributed by atoms with van der Waals surface area (Å²) in [6.45, 7) is 0.203. The van der Waals surface area contributed by atoms with E-state index >= 15 is 0 Å². The van der Waals surface area contributed by atoms with Crippen molar-refractivity contribution in [3.8, 4) is 11.5 Å². The van der Waals surface area contributed by atoms with Crippen molar-refractivity contribution in [2.45, 2.75) is 31.3 Å². The number of aromatic hydroxyl groups is 1. The van der Waals surface area contributed by atoms with Crippen molar-refractivity contribution in [1.29, 1.82) is 0 Å². The fourth-order valence-electron chi connectivity index (χ4n) is 2.79. The quantitative estimate of drug-likeness (QED) is 0.268. The number of carbonyl (C=O) groups excluding carboxylic acids is 1. The minimum Gasteiger partial charge on any atom is -0.507 e. The van der Waals surface area contributed by atoms with E-state index in [-0.39, 0.29) is 37.1 Å². The van der Waals surface area contributed by atoms with Crippen molar-refractivity contribution in [2.24, 2.45) is 5.73 Å². The summed E-state index contributed by atoms with van der Waals surface area (Å²) in [6.07, 6.45) is -1.06. The molecule has 0 saturated carbocycles. The lowest BCUT2D eigenvalue weighted by Gasteiger charge is -2.40. The number of carboxylic acid groups (broad SMARTS) is 2. The van der Waals surface area contributed by atoms with Crippen LogP contribution in [0.3, 0.4) is 0 Å². The molecule has 1 aliphatic heterocycles. The second-order valence-corrected chi connectivity index (χ2v) is 6.46. The second-order valence-electron chi connectivity index (χ2n) is 6.46. The summed E-state index contributed by atoms with van der Waals surface area (Å²) < 4.78 is 5.55. The minimum atomic E-state index is -1.59. The first-order valence-corrected chi connectivity index (χ1v) is 8.47. The zero-order valence-electron chi connectivity index (χ0n) is 14.8. The van der Waals surface area contributed by atoms with Crippen LogP contribution < -0.4 is 10.5 Å². The van der Waals surface area contributed by atoms with Crippen molar-refractivity contribution >= 4 is 25.0 Å². The number of aliphatic carboxylic acids is 1. The number of hydrogen-bond donors (Lipinski definition) is 6. The topological polar surface area (TPSA) is 191 Å². The molecule has 1 fully saturated rings. The monoisotopic (exact) mass is 396 g/mol. The predicted molar refractivity (Wildman–Crippen MR) is 95.0 cm³/mol. The lowest BCUT2D eigenvalue weighted by Crippen LogP contribution is -2.60. The number of carbonyl (C=O) groups is 3. The van der Waals surface area contributed by atoms with Crippen LogP contribution in [0.1, 0.15) is 22.3 Å². The third-order valence-corrected chi connectivity index (χ3v) is 4.27. The molecule has 0 aromatic heterocycles. The molecule has 0 bridgehead atoms. The molecule has 0 aliphatic carbocycles. The van der Waals surface area contributed by atoms with Gasteiger partial charge in [0.05, 0.1) is 25.6 Å². The van der Waals surface area contributed by atoms with Gasteiger partial charge in [-0.3, -0.25) is 9.59 Å². The normalized spacial score (nSPS) is 14.9. The molecule has 1 aliphatic rings. The molecule has 1 aromatic carbocycles. The Morgan fingerprint density at radius 3 is 2.43 bits per heavy atom. The van der Waals surface area contributed by atoms with Gasteiger partial charge in [-0.25, -0.2) is 4.79 Å². The SMILES string of the molecule is NC(CC(=O)O)C(=O)N1CC(Oc2ccc(CCB(O)O)c(O)c2C(=O)O)C1. The molecular weight excluding hydrogens is 375 g/mol. The maximum Gasteiger partial charge on any atom is 0.451 e. The molecule has 11 nitrogen and oxygen atoms in total. The Morgan fingerprint density at radius 2 is 1.89 bits per heavy atom. The molecular formula is C16H21BN2O9. The Kier molecular flexibility index (Phi) is 6.83. The number of aryl methyl sites for hydroxylation is 1. The number of phenols is 1. The van der Waals surface area contributed by atoms with Gasteiger partial charge in [0.1, 0.15) is 23.2 Å². The maximum atomic E-state index is 12.0. The lowest BCUT2D eigenvalue weighted by molar-refractivity contribution is -0.146. The smallest absolute Gasteiger partial charge is 0.451 e. The Bertz CT molecular complexity index is 765. The molecule has 152 valence electrons. The molecule has 0 radical (unpaired) electrons. The zero-order chi connectivity index (χ0) is 21.0. The number of nitrogens with zero attached hydrogens (tertiary/aromatic N) is 1. The molecule has 1 heterocycles. The van der Waals surface area contributed by atoms with Crippen molar-refractivity contribution < 1.29 is 44.5 Å². The predicted octanol–water partition coefficient (Wildman–Crippen LogP) is -1.50. The van der Waals surface area contributed by atoms with E-state index < -0.39 is 54.8 Å². The molecule has 12 heteroatoms. The maximum absolute atomic E-state index is 12.0. The van der Waals surface area contributed by atoms with Gasteiger partial charge in [-0.1, -0.05) is 6.07 Å². The number of aromatic carboxylic acids is 1. The average molecular weight is 396 g/mol. The van der Waals surface area contributed by atoms with E-state index in [1.807, 2.05) is 0 Å². The van der Waals surface area contributed by atoms with Gasteiger partial charge in [0.15, 0.2) is 0 Å². The van der Waals surface area contributed by atoms with Crippen LogP contribution in [0.15, 0.2) is 12.1 Å². The highest BCUT2D eigenvalue weighted by Gasteiger charge is 2.36. The van der Waals surface area contributed by atoms with Gasteiger partial charge in [0.2, 0.25) is 5.91 Å². The fraction of sp³-hybridized carbons (Fsp3) is 0.438. The van der Waals surface area contributed by atoms with Crippen LogP contribution >= 0.6 is 0 Å². The average Bonchev–Trinajstić information content (AvgIpc) is 2.55. The van der Waals surface area contributed by atoms with Gasteiger partial charge in [-0.05, 0) is 24.4 Å². The van der Waals surface area contributed by atoms with E-state index in [4.69, 9.17) is 25.6 Å². The van der Waals surface area contributed by atoms with E-state index in [1.165, 1.54) is 17.0 Å². The van der Waals surface area contributed by atoms with Gasteiger partial charge in [-0.2, -0.15) is 0 Å². The summed E-state index contributed by atoms with van der Waals surface area (Å²) in [6, 6.07) is 1.60. The lowest BCUT2D eigenvalue weighted by atomic mass is 9.82. The van der Waals surface area contributed by atoms with E-state index in [1.54, 1.807) is 0 Å². The largest absolute Gasteiger partial charge is 0.507 e. The van der Waals surface area contributed by atoms with E-state index in [2.05, 4.69) is 0 Å². The Labute approximate surface area is 160 Å². The number of rotatable bonds is 9. The Morgan fingerprint density at radius 1 is 1.25 bits per heavy atom. The van der Waals surface area contributed by atoms with Gasteiger partial charge < -0.3 is 40.7 Å². The van der Waals surface area contributed by atoms with Crippen molar-refractivity contribution in [2.75, 3.05) is 13.1 Å². The molecule has 1 amide bonds. The van der Waals surface area contributed by atoms with E-state index in [0.29, 0.717) is 0 Å². The fourth-order valence-corrected chi connectivity index (χ4v) is 2.79. The van der Waals surface area contributed by atoms with Crippen LogP contribution in [0, 0.1) is 0 Å². The third-order valence-electron chi connectivity index (χ3n) is 4.27. The Hall–Kier alpha value is -2.83. The van der Waals surface area contributed by atoms with Crippen molar-refractivity contribution in [3.63, 3.8) is 0 Å². The summed E-state index contributed by atoms with van der Waals surface area (Å²) in [7, 11) is -1.59. The number of benzene rings is 1. The highest BCUT2D eigenvalue weighted by Crippen LogP contribution is 2.34. The van der Waals surface area contributed by atoms with Crippen LogP contribution in [0.5, 0.6) is 11.5 Å². The molecule has 1 aromatic rings. The van der Waals surface area contributed by atoms with Gasteiger partial charge in [-0.15, -0.1) is 0 Å². The summed E-state index contributed by atoms with van der Waals surface area (Å²) in [4.78, 5) is 35.4. The first-order valence-electron chi connectivity index (χ1n) is 8.47. The first-order chi connectivity index (χ1) is 13.1. The highest BCUT2D eigenvalue weighted by molar-refractivity contribution is 6.41. The van der Waals surface area contributed by atoms with E-state index in [0.717, 1.165) is 0 Å². The van der Waals surface area contributed by atoms with Gasteiger partial charge >= 0.3 is 19.1 Å². The number of hydrogen-bond acceptors (Lipinski definition) is 8. The Balaban J connectivity index is 2.03. The number of amides is 1. The molecule has 28 heavy (non-hydrogen) atoms. The molecule has 1 unspecified atom stereocenters. The summed E-state index contributed by atoms with van der Waals surface area (Å²) in [5, 5.41) is 46.1. The molecule has 1 atom stereocenters. The second kappa shape index (κ2) is 8.91. The molecule has 7 N–H and O–H groups in total. The summed E-state index contributed by atoms with van der Waals surface area (Å²) >= 11 is 0. The zero-order valence-corrected chi connectivity index (χ0v) is 14.8. The minimum absolute atomic E-state index is 0.0528. The van der Waals surface area contributed by atoms with Crippen LogP contribution in [-0.4, -0.2) is 80.5 Å². The molecule has 2 rings (SSSR count). The summed E-state index contributed by atoms with van der Waals surface area (Å²) in [5.74, 6) is -3.77. The standard InChI is InChI=1S/C16H21BN2O9/c18-10(5-12(20)21)15(23)19-6-9(7-19)28-11-2-1-8(3-4-17(26)27)14(22)13(11)16(24)25/h1-2,9-10,22,26-27H,3-7,18H2,(H,20,21)(H,24,25). The number of carboxylic acids is 2. The number of nitrogens with two attached hydrogens (primary N) is 1. The highest BCUT2D eigenvalue weighted by atomic mass is 16.5. The van der Waals surface area contributed by atoms with Crippen molar-refractivity contribution in [1.82, 2.24) is 4.90 Å². The van der Waals surface area contributed by atoms with Crippen molar-refractivity contribution in [3.05, 3.63) is 23.3 Å². The molecule has 0 spiro atoms. The number of ether oxygens (including phenoxy) is 1.